The van der Waals surface area contributed by atoms with E-state index < -0.39 is 5.97 Å². The number of rotatable bonds is 5. The van der Waals surface area contributed by atoms with Crippen molar-refractivity contribution in [2.24, 2.45) is 0 Å². The molecule has 0 saturated heterocycles. The fourth-order valence-electron chi connectivity index (χ4n) is 2.50. The maximum Gasteiger partial charge on any atom is 0.375 e. The van der Waals surface area contributed by atoms with Crippen LogP contribution in [0.2, 0.25) is 0 Å². The lowest BCUT2D eigenvalue weighted by atomic mass is 10.1. The van der Waals surface area contributed by atoms with Crippen molar-refractivity contribution in [1.82, 2.24) is 34.9 Å². The second-order valence-corrected chi connectivity index (χ2v) is 6.64. The van der Waals surface area contributed by atoms with Crippen molar-refractivity contribution >= 4 is 22.8 Å². The average molecular weight is 344 g/mol. The van der Waals surface area contributed by atoms with Gasteiger partial charge in [0, 0.05) is 0 Å². The second-order valence-electron chi connectivity index (χ2n) is 6.64. The van der Waals surface area contributed by atoms with E-state index in [1.165, 1.54) is 6.33 Å². The Morgan fingerprint density at radius 1 is 1.40 bits per heavy atom. The maximum absolute atomic E-state index is 11.0. The van der Waals surface area contributed by atoms with Crippen LogP contribution in [0.5, 0.6) is 0 Å². The first-order valence-electron chi connectivity index (χ1n) is 7.92. The van der Waals surface area contributed by atoms with Crippen LogP contribution in [-0.4, -0.2) is 46.0 Å². The van der Waals surface area contributed by atoms with Gasteiger partial charge in [0.2, 0.25) is 0 Å². The molecule has 0 spiro atoms. The number of anilines is 1. The largest absolute Gasteiger partial charge is 0.475 e. The number of aromatic carboxylic acids is 1. The Bertz CT molecular complexity index is 908. The zero-order valence-corrected chi connectivity index (χ0v) is 14.5. The number of H-pyrrole nitrogens is 1. The Kier molecular flexibility index (Phi) is 4.11. The van der Waals surface area contributed by atoms with Crippen molar-refractivity contribution in [2.75, 3.05) is 5.32 Å². The van der Waals surface area contributed by atoms with E-state index in [0.29, 0.717) is 18.1 Å². The standard InChI is InChI=1S/C15H20N8O2/c1-5-9(11-20-12(14(24)25)22-21-11)19-10-8-6-18-23(15(2,3)4)13(8)17-7-16-10/h6-7,9H,5H2,1-4H3,(H,24,25)(H,16,17,19)(H,20,21,22)/t9-/m0/s1. The average Bonchev–Trinajstić information content (AvgIpc) is 3.19. The molecule has 25 heavy (non-hydrogen) atoms. The molecule has 0 amide bonds. The summed E-state index contributed by atoms with van der Waals surface area (Å²) in [6, 6.07) is -0.267. The summed E-state index contributed by atoms with van der Waals surface area (Å²) in [6.45, 7) is 8.10. The highest BCUT2D eigenvalue weighted by Gasteiger charge is 2.22. The van der Waals surface area contributed by atoms with E-state index in [-0.39, 0.29) is 17.4 Å². The van der Waals surface area contributed by atoms with Crippen molar-refractivity contribution in [3.05, 3.63) is 24.2 Å². The van der Waals surface area contributed by atoms with Gasteiger partial charge in [-0.25, -0.2) is 24.4 Å². The molecule has 1 atom stereocenters. The van der Waals surface area contributed by atoms with Gasteiger partial charge in [-0.15, -0.1) is 5.10 Å². The fraction of sp³-hybridized carbons (Fsp3) is 0.467. The molecule has 0 aliphatic heterocycles. The quantitative estimate of drug-likeness (QED) is 0.639. The van der Waals surface area contributed by atoms with Gasteiger partial charge in [-0.05, 0) is 27.2 Å². The third kappa shape index (κ3) is 3.14. The van der Waals surface area contributed by atoms with Crippen molar-refractivity contribution in [1.29, 1.82) is 0 Å². The van der Waals surface area contributed by atoms with Gasteiger partial charge >= 0.3 is 5.97 Å². The van der Waals surface area contributed by atoms with Gasteiger partial charge in [-0.2, -0.15) is 5.10 Å². The molecule has 0 bridgehead atoms. The van der Waals surface area contributed by atoms with Gasteiger partial charge in [-0.3, -0.25) is 5.10 Å². The molecule has 0 aliphatic rings. The highest BCUT2D eigenvalue weighted by Crippen LogP contribution is 2.27. The summed E-state index contributed by atoms with van der Waals surface area (Å²) < 4.78 is 1.84. The number of aromatic amines is 1. The third-order valence-corrected chi connectivity index (χ3v) is 3.74. The maximum atomic E-state index is 11.0. The molecule has 0 aromatic carbocycles. The minimum Gasteiger partial charge on any atom is -0.475 e. The minimum absolute atomic E-state index is 0.209. The highest BCUT2D eigenvalue weighted by atomic mass is 16.4. The minimum atomic E-state index is -1.17. The van der Waals surface area contributed by atoms with Crippen molar-refractivity contribution in [3.63, 3.8) is 0 Å². The Labute approximate surface area is 143 Å². The number of carboxylic acid groups (broad SMARTS) is 1. The van der Waals surface area contributed by atoms with Gasteiger partial charge in [0.05, 0.1) is 23.2 Å². The highest BCUT2D eigenvalue weighted by molar-refractivity contribution is 5.86. The van der Waals surface area contributed by atoms with Gasteiger partial charge in [-0.1, -0.05) is 6.92 Å². The van der Waals surface area contributed by atoms with Gasteiger partial charge in [0.25, 0.3) is 5.82 Å². The summed E-state index contributed by atoms with van der Waals surface area (Å²) in [7, 11) is 0. The number of nitrogens with zero attached hydrogens (tertiary/aromatic N) is 6. The number of nitrogens with one attached hydrogen (secondary N) is 2. The van der Waals surface area contributed by atoms with Crippen LogP contribution >= 0.6 is 0 Å². The van der Waals surface area contributed by atoms with Gasteiger partial charge < -0.3 is 10.4 Å². The Morgan fingerprint density at radius 3 is 2.76 bits per heavy atom. The van der Waals surface area contributed by atoms with Crippen molar-refractivity contribution in [2.45, 2.75) is 45.7 Å². The molecule has 0 radical (unpaired) electrons. The molecular weight excluding hydrogens is 324 g/mol. The molecule has 0 aliphatic carbocycles. The van der Waals surface area contributed by atoms with Crippen LogP contribution in [0, 0.1) is 0 Å². The predicted octanol–water partition coefficient (Wildman–Crippen LogP) is 1.96. The van der Waals surface area contributed by atoms with Crippen LogP contribution in [-0.2, 0) is 5.54 Å². The Morgan fingerprint density at radius 2 is 2.16 bits per heavy atom. The summed E-state index contributed by atoms with van der Waals surface area (Å²) in [5.74, 6) is -0.382. The van der Waals surface area contributed by atoms with E-state index in [1.54, 1.807) is 6.20 Å². The molecular formula is C15H20N8O2. The van der Waals surface area contributed by atoms with Crippen LogP contribution in [0.1, 0.15) is 56.6 Å². The molecule has 10 heteroatoms. The molecule has 3 heterocycles. The SMILES string of the molecule is CC[C@H](Nc1ncnc2c1cnn2C(C)(C)C)c1nc(C(=O)O)n[nH]1. The number of carbonyl (C=O) groups is 1. The summed E-state index contributed by atoms with van der Waals surface area (Å²) in [5.41, 5.74) is 0.516. The molecule has 3 N–H and O–H groups in total. The van der Waals surface area contributed by atoms with Gasteiger partial charge in [0.15, 0.2) is 5.65 Å². The first kappa shape index (κ1) is 16.8. The van der Waals surface area contributed by atoms with Crippen LogP contribution in [0.3, 0.4) is 0 Å². The number of aromatic nitrogens is 7. The van der Waals surface area contributed by atoms with Crippen LogP contribution < -0.4 is 5.32 Å². The normalized spacial score (nSPS) is 13.1. The zero-order valence-electron chi connectivity index (χ0n) is 14.5. The molecule has 3 aromatic heterocycles. The van der Waals surface area contributed by atoms with E-state index in [9.17, 15) is 4.79 Å². The second kappa shape index (κ2) is 6.11. The smallest absolute Gasteiger partial charge is 0.375 e. The number of hydrogen-bond donors (Lipinski definition) is 3. The van der Waals surface area contributed by atoms with E-state index in [4.69, 9.17) is 5.11 Å². The topological polar surface area (TPSA) is 134 Å². The molecule has 10 nitrogen and oxygen atoms in total. The van der Waals surface area contributed by atoms with E-state index in [1.807, 2.05) is 32.4 Å². The summed E-state index contributed by atoms with van der Waals surface area (Å²) in [5, 5.41) is 23.8. The summed E-state index contributed by atoms with van der Waals surface area (Å²) in [4.78, 5) is 23.6. The van der Waals surface area contributed by atoms with E-state index >= 15 is 0 Å². The van der Waals surface area contributed by atoms with Crippen LogP contribution in [0.4, 0.5) is 5.82 Å². The summed E-state index contributed by atoms with van der Waals surface area (Å²) in [6.07, 6.45) is 3.86. The van der Waals surface area contributed by atoms with Crippen molar-refractivity contribution in [3.8, 4) is 0 Å². The molecule has 0 unspecified atom stereocenters. The van der Waals surface area contributed by atoms with Crippen LogP contribution in [0.25, 0.3) is 11.0 Å². The Balaban J connectivity index is 1.95. The van der Waals surface area contributed by atoms with E-state index in [2.05, 4.69) is 35.6 Å². The predicted molar refractivity (Wildman–Crippen MR) is 90.3 cm³/mol. The van der Waals surface area contributed by atoms with Gasteiger partial charge in [0.1, 0.15) is 18.0 Å². The number of fused-ring (bicyclic) bond motifs is 1. The molecule has 0 saturated carbocycles. The zero-order chi connectivity index (χ0) is 18.2. The van der Waals surface area contributed by atoms with Crippen molar-refractivity contribution < 1.29 is 9.90 Å². The first-order valence-corrected chi connectivity index (χ1v) is 7.92. The lowest BCUT2D eigenvalue weighted by Gasteiger charge is -2.20. The summed E-state index contributed by atoms with van der Waals surface area (Å²) >= 11 is 0. The molecule has 0 fully saturated rings. The molecule has 132 valence electrons. The number of carboxylic acids is 1. The van der Waals surface area contributed by atoms with Crippen LogP contribution in [0.15, 0.2) is 12.5 Å². The first-order chi connectivity index (χ1) is 11.8. The monoisotopic (exact) mass is 344 g/mol. The number of hydrogen-bond acceptors (Lipinski definition) is 7. The third-order valence-electron chi connectivity index (χ3n) is 3.74. The lowest BCUT2D eigenvalue weighted by Crippen LogP contribution is -2.23. The molecule has 3 aromatic rings. The Hall–Kier alpha value is -3.04. The molecule has 3 rings (SSSR count). The fourth-order valence-corrected chi connectivity index (χ4v) is 2.50. The van der Waals surface area contributed by atoms with E-state index in [0.717, 1.165) is 11.0 Å². The lowest BCUT2D eigenvalue weighted by molar-refractivity contribution is 0.0684.